The highest BCUT2D eigenvalue weighted by Crippen LogP contribution is 2.40. The first-order chi connectivity index (χ1) is 15.1. The third-order valence-corrected chi connectivity index (χ3v) is 6.86. The standard InChI is InChI=1S/C24H20N2O3S2/c1-15-20(23(28)25-17-11-6-7-12-18(17)29-2)24(26-22(27)19-13-8-14-30-19)31-21(15)16-9-4-3-5-10-16/h3-14H,1-2H3,(H,25,28)(H,26,27). The summed E-state index contributed by atoms with van der Waals surface area (Å²) in [6.45, 7) is 1.90. The summed E-state index contributed by atoms with van der Waals surface area (Å²) in [5.74, 6) is 0.0281. The highest BCUT2D eigenvalue weighted by Gasteiger charge is 2.24. The lowest BCUT2D eigenvalue weighted by atomic mass is 10.1. The van der Waals surface area contributed by atoms with Gasteiger partial charge in [-0.3, -0.25) is 9.59 Å². The predicted octanol–water partition coefficient (Wildman–Crippen LogP) is 6.30. The van der Waals surface area contributed by atoms with Crippen LogP contribution in [-0.4, -0.2) is 18.9 Å². The second-order valence-electron chi connectivity index (χ2n) is 6.71. The molecule has 0 unspecified atom stereocenters. The molecule has 0 saturated carbocycles. The second kappa shape index (κ2) is 9.16. The van der Waals surface area contributed by atoms with Crippen LogP contribution in [0.4, 0.5) is 10.7 Å². The van der Waals surface area contributed by atoms with Gasteiger partial charge < -0.3 is 15.4 Å². The molecule has 0 atom stereocenters. The van der Waals surface area contributed by atoms with E-state index in [1.165, 1.54) is 22.7 Å². The molecule has 0 fully saturated rings. The normalized spacial score (nSPS) is 10.5. The minimum Gasteiger partial charge on any atom is -0.495 e. The molecule has 31 heavy (non-hydrogen) atoms. The molecule has 2 aromatic heterocycles. The van der Waals surface area contributed by atoms with Crippen molar-refractivity contribution in [3.8, 4) is 16.2 Å². The van der Waals surface area contributed by atoms with Crippen LogP contribution in [0.1, 0.15) is 25.6 Å². The van der Waals surface area contributed by atoms with Crippen molar-refractivity contribution >= 4 is 45.2 Å². The van der Waals surface area contributed by atoms with Gasteiger partial charge in [-0.25, -0.2) is 0 Å². The molecule has 0 saturated heterocycles. The van der Waals surface area contributed by atoms with Gasteiger partial charge >= 0.3 is 0 Å². The number of rotatable bonds is 6. The van der Waals surface area contributed by atoms with Crippen LogP contribution in [0, 0.1) is 6.92 Å². The molecular formula is C24H20N2O3S2. The van der Waals surface area contributed by atoms with Crippen molar-refractivity contribution in [1.82, 2.24) is 0 Å². The Morgan fingerprint density at radius 3 is 2.32 bits per heavy atom. The Kier molecular flexibility index (Phi) is 6.16. The van der Waals surface area contributed by atoms with E-state index in [1.807, 2.05) is 60.8 Å². The minimum absolute atomic E-state index is 0.234. The number of carbonyl (C=O) groups excluding carboxylic acids is 2. The quantitative estimate of drug-likeness (QED) is 0.364. The topological polar surface area (TPSA) is 67.4 Å². The van der Waals surface area contributed by atoms with E-state index in [9.17, 15) is 9.59 Å². The zero-order chi connectivity index (χ0) is 21.8. The summed E-state index contributed by atoms with van der Waals surface area (Å²) in [4.78, 5) is 27.6. The van der Waals surface area contributed by atoms with Crippen LogP contribution in [0.2, 0.25) is 0 Å². The van der Waals surface area contributed by atoms with Crippen molar-refractivity contribution < 1.29 is 14.3 Å². The molecule has 4 aromatic rings. The average Bonchev–Trinajstić information content (AvgIpc) is 3.43. The number of ether oxygens (including phenoxy) is 1. The number of carbonyl (C=O) groups is 2. The number of nitrogens with one attached hydrogen (secondary N) is 2. The maximum atomic E-state index is 13.3. The van der Waals surface area contributed by atoms with Crippen molar-refractivity contribution in [2.45, 2.75) is 6.92 Å². The van der Waals surface area contributed by atoms with E-state index >= 15 is 0 Å². The molecule has 4 rings (SSSR count). The molecule has 7 heteroatoms. The number of benzene rings is 2. The second-order valence-corrected chi connectivity index (χ2v) is 8.68. The van der Waals surface area contributed by atoms with Gasteiger partial charge in [-0.15, -0.1) is 22.7 Å². The molecule has 2 amide bonds. The monoisotopic (exact) mass is 448 g/mol. The summed E-state index contributed by atoms with van der Waals surface area (Å²) in [6.07, 6.45) is 0. The summed E-state index contributed by atoms with van der Waals surface area (Å²) in [7, 11) is 1.56. The fourth-order valence-corrected chi connectivity index (χ4v) is 5.07. The van der Waals surface area contributed by atoms with Crippen LogP contribution in [0.15, 0.2) is 72.1 Å². The Balaban J connectivity index is 1.74. The van der Waals surface area contributed by atoms with Crippen molar-refractivity contribution in [2.75, 3.05) is 17.7 Å². The molecule has 0 bridgehead atoms. The number of hydrogen-bond donors (Lipinski definition) is 2. The van der Waals surface area contributed by atoms with Crippen LogP contribution < -0.4 is 15.4 Å². The van der Waals surface area contributed by atoms with Crippen LogP contribution in [0.5, 0.6) is 5.75 Å². The summed E-state index contributed by atoms with van der Waals surface area (Å²) in [5, 5.41) is 8.23. The number of para-hydroxylation sites is 2. The van der Waals surface area contributed by atoms with E-state index < -0.39 is 0 Å². The number of amides is 2. The Hall–Kier alpha value is -3.42. The Morgan fingerprint density at radius 2 is 1.61 bits per heavy atom. The fourth-order valence-electron chi connectivity index (χ4n) is 3.25. The van der Waals surface area contributed by atoms with Crippen LogP contribution in [0.25, 0.3) is 10.4 Å². The fraction of sp³-hybridized carbons (Fsp3) is 0.0833. The highest BCUT2D eigenvalue weighted by atomic mass is 32.1. The van der Waals surface area contributed by atoms with Gasteiger partial charge in [-0.2, -0.15) is 0 Å². The Labute approximate surface area is 188 Å². The first-order valence-corrected chi connectivity index (χ1v) is 11.3. The molecular weight excluding hydrogens is 428 g/mol. The highest BCUT2D eigenvalue weighted by molar-refractivity contribution is 7.20. The number of anilines is 2. The molecule has 156 valence electrons. The summed E-state index contributed by atoms with van der Waals surface area (Å²) < 4.78 is 5.35. The first-order valence-electron chi connectivity index (χ1n) is 9.56. The summed E-state index contributed by atoms with van der Waals surface area (Å²) in [6, 6.07) is 20.6. The average molecular weight is 449 g/mol. The van der Waals surface area contributed by atoms with E-state index in [4.69, 9.17) is 4.74 Å². The first kappa shape index (κ1) is 20.8. The summed E-state index contributed by atoms with van der Waals surface area (Å²) in [5.41, 5.74) is 2.81. The van der Waals surface area contributed by atoms with Gasteiger partial charge in [-0.1, -0.05) is 48.5 Å². The number of methoxy groups -OCH3 is 1. The number of hydrogen-bond acceptors (Lipinski definition) is 5. The molecule has 0 aliphatic heterocycles. The Morgan fingerprint density at radius 1 is 0.871 bits per heavy atom. The molecule has 0 radical (unpaired) electrons. The largest absolute Gasteiger partial charge is 0.495 e. The molecule has 2 heterocycles. The molecule has 0 aliphatic carbocycles. The van der Waals surface area contributed by atoms with E-state index in [0.29, 0.717) is 26.9 Å². The van der Waals surface area contributed by atoms with Gasteiger partial charge in [0.1, 0.15) is 10.8 Å². The van der Waals surface area contributed by atoms with E-state index in [2.05, 4.69) is 10.6 Å². The smallest absolute Gasteiger partial charge is 0.266 e. The van der Waals surface area contributed by atoms with Crippen LogP contribution >= 0.6 is 22.7 Å². The molecule has 0 aliphatic rings. The van der Waals surface area contributed by atoms with Crippen molar-refractivity contribution in [2.24, 2.45) is 0 Å². The third-order valence-electron chi connectivity index (χ3n) is 4.74. The van der Waals surface area contributed by atoms with Crippen LogP contribution in [-0.2, 0) is 0 Å². The third kappa shape index (κ3) is 4.38. The van der Waals surface area contributed by atoms with E-state index in [0.717, 1.165) is 16.0 Å². The SMILES string of the molecule is COc1ccccc1NC(=O)c1c(NC(=O)c2cccs2)sc(-c2ccccc2)c1C. The lowest BCUT2D eigenvalue weighted by Gasteiger charge is -2.11. The molecule has 2 aromatic carbocycles. The van der Waals surface area contributed by atoms with Gasteiger partial charge in [0, 0.05) is 4.88 Å². The van der Waals surface area contributed by atoms with Gasteiger partial charge in [0.15, 0.2) is 0 Å². The van der Waals surface area contributed by atoms with Crippen molar-refractivity contribution in [1.29, 1.82) is 0 Å². The maximum absolute atomic E-state index is 13.3. The van der Waals surface area contributed by atoms with Crippen LogP contribution in [0.3, 0.4) is 0 Å². The maximum Gasteiger partial charge on any atom is 0.266 e. The van der Waals surface area contributed by atoms with Crippen molar-refractivity contribution in [3.05, 3.63) is 88.1 Å². The van der Waals surface area contributed by atoms with Gasteiger partial charge in [0.05, 0.1) is 23.2 Å². The van der Waals surface area contributed by atoms with Crippen molar-refractivity contribution in [3.63, 3.8) is 0 Å². The molecule has 2 N–H and O–H groups in total. The molecule has 0 spiro atoms. The zero-order valence-corrected chi connectivity index (χ0v) is 18.6. The van der Waals surface area contributed by atoms with E-state index in [-0.39, 0.29) is 11.8 Å². The molecule has 5 nitrogen and oxygen atoms in total. The number of thiophene rings is 2. The zero-order valence-electron chi connectivity index (χ0n) is 17.0. The van der Waals surface area contributed by atoms with Gasteiger partial charge in [0.2, 0.25) is 0 Å². The predicted molar refractivity (Wildman–Crippen MR) is 128 cm³/mol. The van der Waals surface area contributed by atoms with Gasteiger partial charge in [-0.05, 0) is 41.6 Å². The minimum atomic E-state index is -0.304. The Bertz CT molecular complexity index is 1220. The lowest BCUT2D eigenvalue weighted by Crippen LogP contribution is -2.17. The lowest BCUT2D eigenvalue weighted by molar-refractivity contribution is 0.102. The van der Waals surface area contributed by atoms with E-state index in [1.54, 1.807) is 25.3 Å². The van der Waals surface area contributed by atoms with Gasteiger partial charge in [0.25, 0.3) is 11.8 Å². The summed E-state index contributed by atoms with van der Waals surface area (Å²) >= 11 is 2.75.